The average Bonchev–Trinajstić information content (AvgIpc) is 3.19. The number of aromatic nitrogens is 4. The van der Waals surface area contributed by atoms with Gasteiger partial charge in [0, 0.05) is 30.2 Å². The monoisotopic (exact) mass is 419 g/mol. The van der Waals surface area contributed by atoms with Crippen molar-refractivity contribution in [1.82, 2.24) is 24.4 Å². The van der Waals surface area contributed by atoms with Crippen LogP contribution in [0.5, 0.6) is 0 Å². The lowest BCUT2D eigenvalue weighted by Gasteiger charge is -2.29. The van der Waals surface area contributed by atoms with Gasteiger partial charge in [0.25, 0.3) is 5.89 Å². The summed E-state index contributed by atoms with van der Waals surface area (Å²) in [6, 6.07) is 6.21. The van der Waals surface area contributed by atoms with Gasteiger partial charge in [0.15, 0.2) is 5.82 Å². The highest BCUT2D eigenvalue weighted by Gasteiger charge is 2.32. The molecule has 0 amide bonds. The van der Waals surface area contributed by atoms with Crippen molar-refractivity contribution in [3.8, 4) is 11.6 Å². The van der Waals surface area contributed by atoms with Crippen LogP contribution < -0.4 is 0 Å². The van der Waals surface area contributed by atoms with E-state index in [1.807, 2.05) is 6.92 Å². The minimum Gasteiger partial charge on any atom is -0.332 e. The number of piperidine rings is 1. The second-order valence-electron chi connectivity index (χ2n) is 6.63. The van der Waals surface area contributed by atoms with E-state index in [1.54, 1.807) is 24.5 Å². The lowest BCUT2D eigenvalue weighted by atomic mass is 9.97. The van der Waals surface area contributed by atoms with Crippen LogP contribution in [0.2, 0.25) is 5.02 Å². The zero-order valence-corrected chi connectivity index (χ0v) is 16.7. The molecule has 0 atom stereocenters. The van der Waals surface area contributed by atoms with Crippen LogP contribution in [0.25, 0.3) is 11.6 Å². The van der Waals surface area contributed by atoms with Crippen molar-refractivity contribution in [2.45, 2.75) is 30.6 Å². The van der Waals surface area contributed by atoms with Crippen LogP contribution in [0.3, 0.4) is 0 Å². The third-order valence-corrected chi connectivity index (χ3v) is 6.88. The van der Waals surface area contributed by atoms with Crippen molar-refractivity contribution in [3.05, 3.63) is 53.2 Å². The SMILES string of the molecule is Cc1cnc(-c2nc(C3CCN(S(=O)(=O)c4ccc(Cl)cc4)CC3)no2)cn1. The summed E-state index contributed by atoms with van der Waals surface area (Å²) < 4.78 is 32.3. The first-order valence-electron chi connectivity index (χ1n) is 8.82. The second kappa shape index (κ2) is 7.57. The van der Waals surface area contributed by atoms with Gasteiger partial charge in [-0.15, -0.1) is 0 Å². The first-order valence-corrected chi connectivity index (χ1v) is 10.6. The van der Waals surface area contributed by atoms with Gasteiger partial charge < -0.3 is 4.52 Å². The molecule has 1 aliphatic heterocycles. The highest BCUT2D eigenvalue weighted by atomic mass is 35.5. The number of sulfonamides is 1. The van der Waals surface area contributed by atoms with Gasteiger partial charge in [-0.3, -0.25) is 4.98 Å². The van der Waals surface area contributed by atoms with Gasteiger partial charge in [0.1, 0.15) is 5.69 Å². The molecule has 3 aromatic rings. The number of benzene rings is 1. The normalized spacial score (nSPS) is 16.4. The number of hydrogen-bond donors (Lipinski definition) is 0. The van der Waals surface area contributed by atoms with E-state index >= 15 is 0 Å². The Hall–Kier alpha value is -2.36. The van der Waals surface area contributed by atoms with Crippen molar-refractivity contribution in [2.24, 2.45) is 0 Å². The highest BCUT2D eigenvalue weighted by Crippen LogP contribution is 2.30. The molecule has 0 bridgehead atoms. The van der Waals surface area contributed by atoms with Crippen LogP contribution >= 0.6 is 11.6 Å². The molecule has 0 aliphatic carbocycles. The first-order chi connectivity index (χ1) is 13.4. The maximum Gasteiger partial charge on any atom is 0.278 e. The predicted octanol–water partition coefficient (Wildman–Crippen LogP) is 3.06. The van der Waals surface area contributed by atoms with E-state index in [1.165, 1.54) is 16.4 Å². The second-order valence-corrected chi connectivity index (χ2v) is 9.01. The van der Waals surface area contributed by atoms with Gasteiger partial charge in [-0.2, -0.15) is 9.29 Å². The Bertz CT molecular complexity index is 1060. The van der Waals surface area contributed by atoms with E-state index in [2.05, 4.69) is 20.1 Å². The molecular weight excluding hydrogens is 402 g/mol. The fraction of sp³-hybridized carbons (Fsp3) is 0.333. The summed E-state index contributed by atoms with van der Waals surface area (Å²) in [5, 5.41) is 4.56. The third kappa shape index (κ3) is 3.78. The molecule has 10 heteroatoms. The van der Waals surface area contributed by atoms with Crippen LogP contribution in [0, 0.1) is 6.92 Å². The molecule has 0 unspecified atom stereocenters. The Morgan fingerprint density at radius 2 is 1.82 bits per heavy atom. The maximum atomic E-state index is 12.8. The van der Waals surface area contributed by atoms with Crippen LogP contribution in [0.15, 0.2) is 46.1 Å². The lowest BCUT2D eigenvalue weighted by Crippen LogP contribution is -2.38. The van der Waals surface area contributed by atoms with Gasteiger partial charge in [-0.05, 0) is 44.0 Å². The van der Waals surface area contributed by atoms with E-state index in [-0.39, 0.29) is 10.8 Å². The van der Waals surface area contributed by atoms with Crippen molar-refractivity contribution in [1.29, 1.82) is 0 Å². The van der Waals surface area contributed by atoms with Gasteiger partial charge in [-0.1, -0.05) is 16.8 Å². The molecule has 1 aliphatic rings. The molecular formula is C18H18ClN5O3S. The molecule has 1 fully saturated rings. The molecule has 3 heterocycles. The third-order valence-electron chi connectivity index (χ3n) is 4.71. The first kappa shape index (κ1) is 19.0. The Morgan fingerprint density at radius 3 is 2.46 bits per heavy atom. The summed E-state index contributed by atoms with van der Waals surface area (Å²) in [6.07, 6.45) is 4.46. The van der Waals surface area contributed by atoms with Gasteiger partial charge in [-0.25, -0.2) is 13.4 Å². The Labute approximate surface area is 167 Å². The largest absolute Gasteiger partial charge is 0.332 e. The topological polar surface area (TPSA) is 102 Å². The average molecular weight is 420 g/mol. The van der Waals surface area contributed by atoms with Gasteiger partial charge in [0.05, 0.1) is 16.8 Å². The minimum absolute atomic E-state index is 0.0348. The molecule has 1 saturated heterocycles. The summed E-state index contributed by atoms with van der Waals surface area (Å²) in [5.74, 6) is 0.923. The molecule has 2 aromatic heterocycles. The Kier molecular flexibility index (Phi) is 5.13. The molecule has 146 valence electrons. The molecule has 8 nitrogen and oxygen atoms in total. The van der Waals surface area contributed by atoms with Crippen molar-refractivity contribution in [3.63, 3.8) is 0 Å². The zero-order valence-electron chi connectivity index (χ0n) is 15.1. The zero-order chi connectivity index (χ0) is 19.7. The molecule has 4 rings (SSSR count). The quantitative estimate of drug-likeness (QED) is 0.640. The molecule has 1 aromatic carbocycles. The van der Waals surface area contributed by atoms with Crippen LogP contribution in [0.1, 0.15) is 30.3 Å². The molecule has 28 heavy (non-hydrogen) atoms. The summed E-state index contributed by atoms with van der Waals surface area (Å²) in [5.41, 5.74) is 1.32. The fourth-order valence-electron chi connectivity index (χ4n) is 3.12. The number of hydrogen-bond acceptors (Lipinski definition) is 7. The summed E-state index contributed by atoms with van der Waals surface area (Å²) >= 11 is 5.85. The van der Waals surface area contributed by atoms with E-state index in [0.29, 0.717) is 48.4 Å². The van der Waals surface area contributed by atoms with Crippen molar-refractivity contribution >= 4 is 21.6 Å². The van der Waals surface area contributed by atoms with E-state index < -0.39 is 10.0 Å². The molecule has 0 spiro atoms. The minimum atomic E-state index is -3.53. The Balaban J connectivity index is 1.44. The standard InChI is InChI=1S/C18H18ClN5O3S/c1-12-10-21-16(11-20-12)18-22-17(23-27-18)13-6-8-24(9-7-13)28(25,26)15-4-2-14(19)3-5-15/h2-5,10-11,13H,6-9H2,1H3. The molecule has 0 radical (unpaired) electrons. The van der Waals surface area contributed by atoms with Crippen molar-refractivity contribution in [2.75, 3.05) is 13.1 Å². The summed E-state index contributed by atoms with van der Waals surface area (Å²) in [4.78, 5) is 13.1. The Morgan fingerprint density at radius 1 is 1.11 bits per heavy atom. The summed E-state index contributed by atoms with van der Waals surface area (Å²) in [7, 11) is -3.53. The van der Waals surface area contributed by atoms with Gasteiger partial charge in [0.2, 0.25) is 10.0 Å². The number of halogens is 1. The van der Waals surface area contributed by atoms with Crippen LogP contribution in [-0.2, 0) is 10.0 Å². The highest BCUT2D eigenvalue weighted by molar-refractivity contribution is 7.89. The summed E-state index contributed by atoms with van der Waals surface area (Å²) in [6.45, 7) is 2.63. The van der Waals surface area contributed by atoms with Crippen LogP contribution in [0.4, 0.5) is 0 Å². The number of rotatable bonds is 4. The van der Waals surface area contributed by atoms with Crippen molar-refractivity contribution < 1.29 is 12.9 Å². The maximum absolute atomic E-state index is 12.8. The smallest absolute Gasteiger partial charge is 0.278 e. The van der Waals surface area contributed by atoms with Crippen LogP contribution in [-0.4, -0.2) is 45.9 Å². The van der Waals surface area contributed by atoms with Gasteiger partial charge >= 0.3 is 0 Å². The van der Waals surface area contributed by atoms with E-state index in [0.717, 1.165) is 5.69 Å². The lowest BCUT2D eigenvalue weighted by molar-refractivity contribution is 0.307. The van der Waals surface area contributed by atoms with E-state index in [4.69, 9.17) is 16.1 Å². The number of aryl methyl sites for hydroxylation is 1. The predicted molar refractivity (Wildman–Crippen MR) is 102 cm³/mol. The molecule has 0 N–H and O–H groups in total. The number of nitrogens with zero attached hydrogens (tertiary/aromatic N) is 5. The fourth-order valence-corrected chi connectivity index (χ4v) is 4.71. The molecule has 0 saturated carbocycles. The van der Waals surface area contributed by atoms with E-state index in [9.17, 15) is 8.42 Å².